The van der Waals surface area contributed by atoms with E-state index in [4.69, 9.17) is 21.4 Å². The number of rotatable bonds is 7. The topological polar surface area (TPSA) is 58.6 Å². The van der Waals surface area contributed by atoms with Crippen molar-refractivity contribution >= 4 is 29.3 Å². The number of hydrogen-bond acceptors (Lipinski definition) is 4. The molecule has 1 rings (SSSR count). The van der Waals surface area contributed by atoms with Crippen LogP contribution in [0.2, 0.25) is 5.02 Å². The predicted molar refractivity (Wildman–Crippen MR) is 78.1 cm³/mol. The number of aliphatic hydroxyl groups excluding tert-OH is 1. The zero-order valence-corrected chi connectivity index (χ0v) is 12.6. The molecule has 6 heteroatoms. The van der Waals surface area contributed by atoms with Crippen LogP contribution < -0.4 is 5.32 Å². The number of aliphatic hydroxyl groups is 1. The minimum atomic E-state index is -0.253. The summed E-state index contributed by atoms with van der Waals surface area (Å²) in [7, 11) is 1.55. The van der Waals surface area contributed by atoms with Crippen molar-refractivity contribution in [2.45, 2.75) is 17.4 Å². The van der Waals surface area contributed by atoms with E-state index in [1.165, 1.54) is 0 Å². The third-order valence-corrected chi connectivity index (χ3v) is 3.65. The minimum Gasteiger partial charge on any atom is -0.396 e. The Morgan fingerprint density at radius 3 is 2.89 bits per heavy atom. The van der Waals surface area contributed by atoms with Crippen molar-refractivity contribution in [1.82, 2.24) is 5.32 Å². The molecule has 1 unspecified atom stereocenters. The molecule has 0 fully saturated rings. The van der Waals surface area contributed by atoms with Gasteiger partial charge < -0.3 is 15.2 Å². The van der Waals surface area contributed by atoms with Crippen molar-refractivity contribution in [3.05, 3.63) is 28.8 Å². The Balaban J connectivity index is 2.81. The molecule has 2 N–H and O–H groups in total. The SMILES string of the molecule is COCC(CCO)NC(=O)c1cc(SC)ccc1Cl. The van der Waals surface area contributed by atoms with Gasteiger partial charge >= 0.3 is 0 Å². The molecule has 1 aromatic carbocycles. The molecule has 0 heterocycles. The molecule has 0 aliphatic carbocycles. The predicted octanol–water partition coefficient (Wildman–Crippen LogP) is 2.19. The molecule has 0 aromatic heterocycles. The van der Waals surface area contributed by atoms with Crippen molar-refractivity contribution in [1.29, 1.82) is 0 Å². The van der Waals surface area contributed by atoms with Gasteiger partial charge in [-0.3, -0.25) is 4.79 Å². The zero-order chi connectivity index (χ0) is 14.3. The Morgan fingerprint density at radius 1 is 1.58 bits per heavy atom. The van der Waals surface area contributed by atoms with Gasteiger partial charge in [0.05, 0.1) is 23.2 Å². The molecule has 0 saturated heterocycles. The average Bonchev–Trinajstić information content (AvgIpc) is 2.39. The molecule has 0 bridgehead atoms. The van der Waals surface area contributed by atoms with Crippen molar-refractivity contribution in [2.24, 2.45) is 0 Å². The quantitative estimate of drug-likeness (QED) is 0.758. The van der Waals surface area contributed by atoms with Crippen LogP contribution in [-0.4, -0.2) is 43.6 Å². The summed E-state index contributed by atoms with van der Waals surface area (Å²) in [5.74, 6) is -0.253. The maximum absolute atomic E-state index is 12.2. The molecular formula is C13H18ClNO3S. The average molecular weight is 304 g/mol. The van der Waals surface area contributed by atoms with Gasteiger partial charge in [-0.1, -0.05) is 11.6 Å². The molecule has 0 radical (unpaired) electrons. The smallest absolute Gasteiger partial charge is 0.253 e. The maximum Gasteiger partial charge on any atom is 0.253 e. The van der Waals surface area contributed by atoms with Crippen LogP contribution in [0.25, 0.3) is 0 Å². The number of halogens is 1. The number of carbonyl (C=O) groups excluding carboxylic acids is 1. The Kier molecular flexibility index (Phi) is 7.23. The van der Waals surface area contributed by atoms with E-state index < -0.39 is 0 Å². The second-order valence-electron chi connectivity index (χ2n) is 3.98. The molecule has 1 aromatic rings. The Hall–Kier alpha value is -0.750. The third-order valence-electron chi connectivity index (χ3n) is 2.60. The lowest BCUT2D eigenvalue weighted by Crippen LogP contribution is -2.38. The maximum atomic E-state index is 12.2. The van der Waals surface area contributed by atoms with Crippen LogP contribution in [-0.2, 0) is 4.74 Å². The van der Waals surface area contributed by atoms with Gasteiger partial charge in [0.15, 0.2) is 0 Å². The molecular weight excluding hydrogens is 286 g/mol. The summed E-state index contributed by atoms with van der Waals surface area (Å²) in [5, 5.41) is 12.2. The number of hydrogen-bond donors (Lipinski definition) is 2. The molecule has 0 saturated carbocycles. The molecule has 1 amide bonds. The van der Waals surface area contributed by atoms with Crippen LogP contribution in [0.1, 0.15) is 16.8 Å². The van der Waals surface area contributed by atoms with Crippen molar-refractivity contribution in [2.75, 3.05) is 26.6 Å². The normalized spacial score (nSPS) is 12.2. The van der Waals surface area contributed by atoms with Crippen LogP contribution in [0.3, 0.4) is 0 Å². The second kappa shape index (κ2) is 8.43. The number of carbonyl (C=O) groups is 1. The lowest BCUT2D eigenvalue weighted by atomic mass is 10.1. The van der Waals surface area contributed by atoms with Crippen molar-refractivity contribution < 1.29 is 14.6 Å². The highest BCUT2D eigenvalue weighted by Gasteiger charge is 2.16. The fraction of sp³-hybridized carbons (Fsp3) is 0.462. The van der Waals surface area contributed by atoms with Gasteiger partial charge in [-0.05, 0) is 30.9 Å². The van der Waals surface area contributed by atoms with E-state index in [1.807, 2.05) is 12.3 Å². The Labute approximate surface area is 122 Å². The minimum absolute atomic E-state index is 0.00705. The number of nitrogens with one attached hydrogen (secondary N) is 1. The Bertz CT molecular complexity index is 422. The number of amides is 1. The summed E-state index contributed by atoms with van der Waals surface area (Å²) in [6, 6.07) is 5.10. The first-order valence-corrected chi connectivity index (χ1v) is 7.46. The first kappa shape index (κ1) is 16.3. The highest BCUT2D eigenvalue weighted by molar-refractivity contribution is 7.98. The summed E-state index contributed by atoms with van der Waals surface area (Å²) in [4.78, 5) is 13.1. The van der Waals surface area contributed by atoms with Gasteiger partial charge in [0.2, 0.25) is 0 Å². The van der Waals surface area contributed by atoms with E-state index in [0.717, 1.165) is 4.90 Å². The van der Waals surface area contributed by atoms with Gasteiger partial charge in [-0.25, -0.2) is 0 Å². The number of benzene rings is 1. The first-order valence-electron chi connectivity index (χ1n) is 5.86. The number of ether oxygens (including phenoxy) is 1. The van der Waals surface area contributed by atoms with E-state index in [9.17, 15) is 4.79 Å². The summed E-state index contributed by atoms with van der Waals surface area (Å²) >= 11 is 7.58. The van der Waals surface area contributed by atoms with Gasteiger partial charge in [0.25, 0.3) is 5.91 Å². The molecule has 0 spiro atoms. The largest absolute Gasteiger partial charge is 0.396 e. The summed E-state index contributed by atoms with van der Waals surface area (Å²) in [6.07, 6.45) is 2.38. The highest BCUT2D eigenvalue weighted by atomic mass is 35.5. The van der Waals surface area contributed by atoms with E-state index in [2.05, 4.69) is 5.32 Å². The molecule has 19 heavy (non-hydrogen) atoms. The lowest BCUT2D eigenvalue weighted by molar-refractivity contribution is 0.0878. The highest BCUT2D eigenvalue weighted by Crippen LogP contribution is 2.23. The Morgan fingerprint density at radius 2 is 2.32 bits per heavy atom. The fourth-order valence-electron chi connectivity index (χ4n) is 1.62. The first-order chi connectivity index (χ1) is 9.12. The van der Waals surface area contributed by atoms with Crippen molar-refractivity contribution in [3.63, 3.8) is 0 Å². The summed E-state index contributed by atoms with van der Waals surface area (Å²) in [5.41, 5.74) is 0.438. The number of thioether (sulfide) groups is 1. The molecule has 106 valence electrons. The standard InChI is InChI=1S/C13H18ClNO3S/c1-18-8-9(5-6-16)15-13(17)11-7-10(19-2)3-4-12(11)14/h3-4,7,9,16H,5-6,8H2,1-2H3,(H,15,17). The van der Waals surface area contributed by atoms with Crippen molar-refractivity contribution in [3.8, 4) is 0 Å². The van der Waals surface area contributed by atoms with Gasteiger partial charge in [-0.2, -0.15) is 0 Å². The van der Waals surface area contributed by atoms with E-state index in [1.54, 1.807) is 31.0 Å². The van der Waals surface area contributed by atoms with Gasteiger partial charge in [-0.15, -0.1) is 11.8 Å². The van der Waals surface area contributed by atoms with Gasteiger partial charge in [0, 0.05) is 18.6 Å². The summed E-state index contributed by atoms with van der Waals surface area (Å²) in [6.45, 7) is 0.346. The van der Waals surface area contributed by atoms with E-state index in [-0.39, 0.29) is 18.6 Å². The van der Waals surface area contributed by atoms with Gasteiger partial charge in [0.1, 0.15) is 0 Å². The summed E-state index contributed by atoms with van der Waals surface area (Å²) < 4.78 is 5.01. The van der Waals surface area contributed by atoms with E-state index >= 15 is 0 Å². The van der Waals surface area contributed by atoms with Crippen LogP contribution in [0, 0.1) is 0 Å². The van der Waals surface area contributed by atoms with E-state index in [0.29, 0.717) is 23.6 Å². The molecule has 1 atom stereocenters. The molecule has 0 aliphatic heterocycles. The van der Waals surface area contributed by atoms with Crippen LogP contribution in [0.15, 0.2) is 23.1 Å². The van der Waals surface area contributed by atoms with Crippen LogP contribution in [0.5, 0.6) is 0 Å². The fourth-order valence-corrected chi connectivity index (χ4v) is 2.27. The molecule has 0 aliphatic rings. The third kappa shape index (κ3) is 5.03. The lowest BCUT2D eigenvalue weighted by Gasteiger charge is -2.17. The molecule has 4 nitrogen and oxygen atoms in total. The van der Waals surface area contributed by atoms with Crippen LogP contribution >= 0.6 is 23.4 Å². The monoisotopic (exact) mass is 303 g/mol. The second-order valence-corrected chi connectivity index (χ2v) is 5.27. The number of methoxy groups -OCH3 is 1. The van der Waals surface area contributed by atoms with Crippen LogP contribution in [0.4, 0.5) is 0 Å². The zero-order valence-electron chi connectivity index (χ0n) is 11.0.